The fourth-order valence-corrected chi connectivity index (χ4v) is 1.60. The summed E-state index contributed by atoms with van der Waals surface area (Å²) in [6.45, 7) is 2.65. The van der Waals surface area contributed by atoms with Crippen LogP contribution in [-0.2, 0) is 28.5 Å². The number of rotatable bonds is 5. The van der Waals surface area contributed by atoms with Gasteiger partial charge in [0.05, 0.1) is 7.11 Å². The van der Waals surface area contributed by atoms with Crippen LogP contribution in [0.1, 0.15) is 20.3 Å². The second-order valence-electron chi connectivity index (χ2n) is 3.81. The Morgan fingerprint density at radius 3 is 2.67 bits per heavy atom. The maximum atomic E-state index is 11.0. The van der Waals surface area contributed by atoms with Crippen LogP contribution < -0.4 is 0 Å². The average Bonchev–Trinajstić information content (AvgIpc) is 2.65. The van der Waals surface area contributed by atoms with E-state index >= 15 is 0 Å². The van der Waals surface area contributed by atoms with E-state index in [2.05, 4.69) is 9.73 Å². The minimum Gasteiger partial charge on any atom is -0.487 e. The molecule has 18 heavy (non-hydrogen) atoms. The molecule has 0 aromatic heterocycles. The van der Waals surface area contributed by atoms with Crippen LogP contribution in [0.2, 0.25) is 0 Å². The first kappa shape index (κ1) is 14.4. The van der Waals surface area contributed by atoms with Crippen molar-refractivity contribution >= 4 is 18.3 Å². The normalized spacial score (nSPS) is 27.2. The summed E-state index contributed by atoms with van der Waals surface area (Å²) in [5, 5.41) is 0. The van der Waals surface area contributed by atoms with E-state index < -0.39 is 30.4 Å². The third-order valence-corrected chi connectivity index (χ3v) is 2.28. The van der Waals surface area contributed by atoms with Crippen LogP contribution >= 0.6 is 0 Å². The summed E-state index contributed by atoms with van der Waals surface area (Å²) in [5.74, 6) is -0.822. The van der Waals surface area contributed by atoms with Crippen LogP contribution in [0.25, 0.3) is 0 Å². The summed E-state index contributed by atoms with van der Waals surface area (Å²) in [7, 11) is 1.47. The highest BCUT2D eigenvalue weighted by Crippen LogP contribution is 2.24. The monoisotopic (exact) mass is 259 g/mol. The first-order chi connectivity index (χ1) is 8.52. The largest absolute Gasteiger partial charge is 0.487 e. The van der Waals surface area contributed by atoms with Gasteiger partial charge in [-0.2, -0.15) is 0 Å². The lowest BCUT2D eigenvalue weighted by atomic mass is 10.2. The van der Waals surface area contributed by atoms with Crippen LogP contribution in [0.3, 0.4) is 0 Å². The Kier molecular flexibility index (Phi) is 5.57. The van der Waals surface area contributed by atoms with E-state index in [0.29, 0.717) is 6.42 Å². The van der Waals surface area contributed by atoms with Crippen molar-refractivity contribution in [1.29, 1.82) is 0 Å². The van der Waals surface area contributed by atoms with Gasteiger partial charge in [0.2, 0.25) is 0 Å². The van der Waals surface area contributed by atoms with Gasteiger partial charge in [0.25, 0.3) is 0 Å². The highest BCUT2D eigenvalue weighted by molar-refractivity contribution is 5.66. The van der Waals surface area contributed by atoms with Crippen LogP contribution in [0.15, 0.2) is 4.99 Å². The van der Waals surface area contributed by atoms with Crippen molar-refractivity contribution in [3.63, 3.8) is 0 Å². The highest BCUT2D eigenvalue weighted by atomic mass is 16.6. The van der Waals surface area contributed by atoms with Crippen LogP contribution in [0.4, 0.5) is 0 Å². The topological polar surface area (TPSA) is 83.4 Å². The van der Waals surface area contributed by atoms with E-state index in [4.69, 9.17) is 14.2 Å². The number of methoxy groups -OCH3 is 1. The van der Waals surface area contributed by atoms with E-state index in [1.165, 1.54) is 27.4 Å². The summed E-state index contributed by atoms with van der Waals surface area (Å²) in [6.07, 6.45) is 0.224. The predicted octanol–water partition coefficient (Wildman–Crippen LogP) is 0.271. The minimum atomic E-state index is -0.503. The summed E-state index contributed by atoms with van der Waals surface area (Å²) >= 11 is 0. The molecule has 0 aromatic rings. The van der Waals surface area contributed by atoms with E-state index in [1.807, 2.05) is 0 Å². The van der Waals surface area contributed by atoms with Crippen molar-refractivity contribution in [2.75, 3.05) is 13.7 Å². The molecule has 0 amide bonds. The molecule has 1 saturated heterocycles. The molecule has 1 rings (SSSR count). The molecule has 7 heteroatoms. The molecular formula is C11H17NO6. The molecule has 1 aliphatic heterocycles. The Bertz CT molecular complexity index is 329. The first-order valence-corrected chi connectivity index (χ1v) is 5.53. The number of hydrogen-bond donors (Lipinski definition) is 0. The van der Waals surface area contributed by atoms with Gasteiger partial charge in [-0.15, -0.1) is 0 Å². The Morgan fingerprint density at radius 2 is 2.11 bits per heavy atom. The number of carbonyl (C=O) groups excluding carboxylic acids is 2. The molecule has 1 aliphatic rings. The quantitative estimate of drug-likeness (QED) is 0.400. The molecule has 2 unspecified atom stereocenters. The molecule has 0 spiro atoms. The van der Waals surface area contributed by atoms with Gasteiger partial charge in [-0.25, -0.2) is 4.99 Å². The molecule has 0 aliphatic carbocycles. The number of nitrogens with zero attached hydrogens (tertiary/aromatic N) is 1. The SMILES string of the molecule is CO/C=N/C1CC(OC(C)=O)[C@@H](COC(C)=O)O1. The van der Waals surface area contributed by atoms with Gasteiger partial charge >= 0.3 is 11.9 Å². The van der Waals surface area contributed by atoms with Crippen LogP contribution in [-0.4, -0.2) is 50.5 Å². The number of carbonyl (C=O) groups is 2. The zero-order chi connectivity index (χ0) is 13.5. The molecular weight excluding hydrogens is 242 g/mol. The minimum absolute atomic E-state index is 0.0340. The molecule has 0 saturated carbocycles. The Hall–Kier alpha value is -1.63. The smallest absolute Gasteiger partial charge is 0.303 e. The number of aliphatic imine (C=N–C) groups is 1. The average molecular weight is 259 g/mol. The number of hydrogen-bond acceptors (Lipinski definition) is 7. The second kappa shape index (κ2) is 6.95. The lowest BCUT2D eigenvalue weighted by Crippen LogP contribution is -2.31. The predicted molar refractivity (Wildman–Crippen MR) is 61.0 cm³/mol. The fourth-order valence-electron chi connectivity index (χ4n) is 1.60. The maximum Gasteiger partial charge on any atom is 0.303 e. The Morgan fingerprint density at radius 1 is 1.39 bits per heavy atom. The molecule has 0 bridgehead atoms. The first-order valence-electron chi connectivity index (χ1n) is 5.53. The molecule has 102 valence electrons. The number of esters is 2. The molecule has 7 nitrogen and oxygen atoms in total. The zero-order valence-electron chi connectivity index (χ0n) is 10.6. The van der Waals surface area contributed by atoms with Crippen molar-refractivity contribution in [3.8, 4) is 0 Å². The van der Waals surface area contributed by atoms with Gasteiger partial charge in [0, 0.05) is 20.3 Å². The molecule has 0 radical (unpaired) electrons. The van der Waals surface area contributed by atoms with Gasteiger partial charge in [0.15, 0.2) is 12.6 Å². The van der Waals surface area contributed by atoms with E-state index in [-0.39, 0.29) is 6.61 Å². The number of ether oxygens (including phenoxy) is 4. The third kappa shape index (κ3) is 4.70. The molecule has 3 atom stereocenters. The van der Waals surface area contributed by atoms with Gasteiger partial charge in [-0.3, -0.25) is 9.59 Å². The molecule has 0 N–H and O–H groups in total. The van der Waals surface area contributed by atoms with E-state index in [0.717, 1.165) is 0 Å². The van der Waals surface area contributed by atoms with Gasteiger partial charge < -0.3 is 18.9 Å². The van der Waals surface area contributed by atoms with Crippen LogP contribution in [0, 0.1) is 0 Å². The van der Waals surface area contributed by atoms with Gasteiger partial charge in [0.1, 0.15) is 18.8 Å². The Labute approximate surface area is 105 Å². The lowest BCUT2D eigenvalue weighted by Gasteiger charge is -2.17. The van der Waals surface area contributed by atoms with Crippen molar-refractivity contribution in [2.45, 2.75) is 38.7 Å². The van der Waals surface area contributed by atoms with Crippen LogP contribution in [0.5, 0.6) is 0 Å². The van der Waals surface area contributed by atoms with E-state index in [9.17, 15) is 9.59 Å². The molecule has 1 fully saturated rings. The highest BCUT2D eigenvalue weighted by Gasteiger charge is 2.38. The maximum absolute atomic E-state index is 11.0. The van der Waals surface area contributed by atoms with Crippen molar-refractivity contribution < 1.29 is 28.5 Å². The summed E-state index contributed by atoms with van der Waals surface area (Å²) in [4.78, 5) is 25.7. The zero-order valence-corrected chi connectivity index (χ0v) is 10.6. The van der Waals surface area contributed by atoms with Gasteiger partial charge in [-0.1, -0.05) is 0 Å². The fraction of sp³-hybridized carbons (Fsp3) is 0.727. The summed E-state index contributed by atoms with van der Waals surface area (Å²) in [6, 6.07) is 0. The second-order valence-corrected chi connectivity index (χ2v) is 3.81. The lowest BCUT2D eigenvalue weighted by molar-refractivity contribution is -0.154. The summed E-state index contributed by atoms with van der Waals surface area (Å²) in [5.41, 5.74) is 0. The van der Waals surface area contributed by atoms with Gasteiger partial charge in [-0.05, 0) is 0 Å². The molecule has 1 heterocycles. The standard InChI is InChI=1S/C11H17NO6/c1-7(13)16-5-10-9(17-8(2)14)4-11(18-10)12-6-15-3/h6,9-11H,4-5H2,1-3H3/b12-6+/t9?,10-,11?/m1/s1. The summed E-state index contributed by atoms with van der Waals surface area (Å²) < 4.78 is 20.1. The van der Waals surface area contributed by atoms with E-state index in [1.54, 1.807) is 0 Å². The van der Waals surface area contributed by atoms with Crippen molar-refractivity contribution in [2.24, 2.45) is 4.99 Å². The third-order valence-electron chi connectivity index (χ3n) is 2.28. The van der Waals surface area contributed by atoms with Crippen molar-refractivity contribution in [3.05, 3.63) is 0 Å². The Balaban J connectivity index is 2.56. The van der Waals surface area contributed by atoms with Crippen molar-refractivity contribution in [1.82, 2.24) is 0 Å². The molecule has 0 aromatic carbocycles.